The fourth-order valence-electron chi connectivity index (χ4n) is 2.60. The van der Waals surface area contributed by atoms with E-state index in [0.29, 0.717) is 28.4 Å². The maximum Gasteiger partial charge on any atom is 0.261 e. The van der Waals surface area contributed by atoms with E-state index in [1.54, 1.807) is 66.0 Å². The number of nitrogens with one attached hydrogen (secondary N) is 1. The van der Waals surface area contributed by atoms with E-state index in [0.717, 1.165) is 4.47 Å². The van der Waals surface area contributed by atoms with Crippen LogP contribution in [-0.4, -0.2) is 28.2 Å². The van der Waals surface area contributed by atoms with Crippen molar-refractivity contribution in [3.63, 3.8) is 0 Å². The fraction of sp³-hybridized carbons (Fsp3) is 0.0556. The lowest BCUT2D eigenvalue weighted by atomic mass is 10.1. The SMILES string of the molecule is Cc1nnc2ccc(-c3cccc(S(=O)(=O)Nc4ccc(Br)cc4)c3)nn12. The Morgan fingerprint density at radius 3 is 2.56 bits per heavy atom. The number of sulfonamides is 1. The molecule has 0 saturated heterocycles. The molecular formula is C18H14BrN5O2S. The van der Waals surface area contributed by atoms with Crippen LogP contribution in [0.15, 0.2) is 70.0 Å². The molecule has 27 heavy (non-hydrogen) atoms. The number of fused-ring (bicyclic) bond motifs is 1. The number of nitrogens with zero attached hydrogens (tertiary/aromatic N) is 4. The van der Waals surface area contributed by atoms with Gasteiger partial charge in [0.1, 0.15) is 0 Å². The summed E-state index contributed by atoms with van der Waals surface area (Å²) in [6, 6.07) is 17.2. The quantitative estimate of drug-likeness (QED) is 0.519. The van der Waals surface area contributed by atoms with E-state index in [1.807, 2.05) is 6.07 Å². The Hall–Kier alpha value is -2.78. The minimum atomic E-state index is -3.72. The lowest BCUT2D eigenvalue weighted by Crippen LogP contribution is -2.13. The maximum atomic E-state index is 12.7. The van der Waals surface area contributed by atoms with Crippen LogP contribution in [0.5, 0.6) is 0 Å². The average molecular weight is 444 g/mol. The lowest BCUT2D eigenvalue weighted by Gasteiger charge is -2.10. The molecule has 0 aliphatic rings. The van der Waals surface area contributed by atoms with Crippen LogP contribution in [0.3, 0.4) is 0 Å². The van der Waals surface area contributed by atoms with E-state index in [-0.39, 0.29) is 4.90 Å². The highest BCUT2D eigenvalue weighted by Gasteiger charge is 2.16. The Balaban J connectivity index is 1.70. The average Bonchev–Trinajstić information content (AvgIpc) is 3.04. The third kappa shape index (κ3) is 3.56. The number of rotatable bonds is 4. The number of aryl methyl sites for hydroxylation is 1. The van der Waals surface area contributed by atoms with Gasteiger partial charge in [-0.25, -0.2) is 8.42 Å². The Kier molecular flexibility index (Phi) is 4.40. The zero-order valence-corrected chi connectivity index (χ0v) is 16.6. The number of anilines is 1. The van der Waals surface area contributed by atoms with Crippen LogP contribution in [0.4, 0.5) is 5.69 Å². The maximum absolute atomic E-state index is 12.7. The largest absolute Gasteiger partial charge is 0.280 e. The highest BCUT2D eigenvalue weighted by atomic mass is 79.9. The second-order valence-corrected chi connectivity index (χ2v) is 8.47. The first kappa shape index (κ1) is 17.6. The minimum absolute atomic E-state index is 0.158. The van der Waals surface area contributed by atoms with E-state index in [1.165, 1.54) is 0 Å². The number of halogens is 1. The van der Waals surface area contributed by atoms with Crippen molar-refractivity contribution in [1.82, 2.24) is 19.8 Å². The minimum Gasteiger partial charge on any atom is -0.280 e. The third-order valence-corrected chi connectivity index (χ3v) is 5.86. The molecule has 4 aromatic rings. The van der Waals surface area contributed by atoms with Crippen LogP contribution >= 0.6 is 15.9 Å². The van der Waals surface area contributed by atoms with Crippen LogP contribution in [0.2, 0.25) is 0 Å². The Labute approximate surface area is 164 Å². The smallest absolute Gasteiger partial charge is 0.261 e. The van der Waals surface area contributed by atoms with Gasteiger partial charge in [0.15, 0.2) is 11.5 Å². The molecule has 0 bridgehead atoms. The van der Waals surface area contributed by atoms with Gasteiger partial charge in [-0.1, -0.05) is 28.1 Å². The molecule has 0 amide bonds. The van der Waals surface area contributed by atoms with Crippen LogP contribution in [0.25, 0.3) is 16.9 Å². The molecule has 0 spiro atoms. The normalized spacial score (nSPS) is 11.6. The van der Waals surface area contributed by atoms with E-state index in [2.05, 4.69) is 35.9 Å². The van der Waals surface area contributed by atoms with Crippen LogP contribution in [0.1, 0.15) is 5.82 Å². The summed E-state index contributed by atoms with van der Waals surface area (Å²) >= 11 is 3.33. The second-order valence-electron chi connectivity index (χ2n) is 5.88. The Morgan fingerprint density at radius 2 is 1.78 bits per heavy atom. The van der Waals surface area contributed by atoms with Gasteiger partial charge in [-0.15, -0.1) is 10.2 Å². The highest BCUT2D eigenvalue weighted by Crippen LogP contribution is 2.23. The Morgan fingerprint density at radius 1 is 1.00 bits per heavy atom. The highest BCUT2D eigenvalue weighted by molar-refractivity contribution is 9.10. The molecule has 0 unspecified atom stereocenters. The predicted octanol–water partition coefficient (Wildman–Crippen LogP) is 3.66. The molecule has 0 radical (unpaired) electrons. The van der Waals surface area contributed by atoms with E-state index < -0.39 is 10.0 Å². The molecule has 0 fully saturated rings. The van der Waals surface area contributed by atoms with Crippen molar-refractivity contribution in [1.29, 1.82) is 0 Å². The van der Waals surface area contributed by atoms with Crippen LogP contribution in [0, 0.1) is 6.92 Å². The molecule has 136 valence electrons. The number of hydrogen-bond donors (Lipinski definition) is 1. The van der Waals surface area contributed by atoms with Gasteiger partial charge in [0.2, 0.25) is 0 Å². The molecule has 2 aromatic heterocycles. The van der Waals surface area contributed by atoms with E-state index in [9.17, 15) is 8.42 Å². The van der Waals surface area contributed by atoms with Gasteiger partial charge >= 0.3 is 0 Å². The topological polar surface area (TPSA) is 89.2 Å². The predicted molar refractivity (Wildman–Crippen MR) is 106 cm³/mol. The third-order valence-electron chi connectivity index (χ3n) is 3.96. The van der Waals surface area contributed by atoms with Crippen molar-refractivity contribution < 1.29 is 8.42 Å². The summed E-state index contributed by atoms with van der Waals surface area (Å²) < 4.78 is 30.5. The van der Waals surface area contributed by atoms with Gasteiger partial charge < -0.3 is 0 Å². The van der Waals surface area contributed by atoms with E-state index in [4.69, 9.17) is 0 Å². The molecule has 0 atom stereocenters. The summed E-state index contributed by atoms with van der Waals surface area (Å²) in [5.41, 5.74) is 2.44. The van der Waals surface area contributed by atoms with Gasteiger partial charge in [0.25, 0.3) is 10.0 Å². The summed E-state index contributed by atoms with van der Waals surface area (Å²) in [4.78, 5) is 0.158. The first-order valence-corrected chi connectivity index (χ1v) is 10.3. The first-order valence-electron chi connectivity index (χ1n) is 8.00. The van der Waals surface area contributed by atoms with Crippen LogP contribution < -0.4 is 4.72 Å². The van der Waals surface area contributed by atoms with Crippen molar-refractivity contribution in [2.45, 2.75) is 11.8 Å². The fourth-order valence-corrected chi connectivity index (χ4v) is 3.97. The van der Waals surface area contributed by atoms with Gasteiger partial charge in [-0.2, -0.15) is 9.61 Å². The van der Waals surface area contributed by atoms with Gasteiger partial charge in [-0.05, 0) is 55.5 Å². The zero-order valence-electron chi connectivity index (χ0n) is 14.2. The molecule has 7 nitrogen and oxygen atoms in total. The Bertz CT molecular complexity index is 1240. The van der Waals surface area contributed by atoms with Gasteiger partial charge in [0.05, 0.1) is 10.6 Å². The van der Waals surface area contributed by atoms with Crippen molar-refractivity contribution in [2.75, 3.05) is 4.72 Å². The zero-order chi connectivity index (χ0) is 19.0. The molecule has 2 heterocycles. The molecule has 1 N–H and O–H groups in total. The summed E-state index contributed by atoms with van der Waals surface area (Å²) in [5, 5.41) is 12.5. The molecule has 2 aromatic carbocycles. The summed E-state index contributed by atoms with van der Waals surface area (Å²) in [6.45, 7) is 1.81. The van der Waals surface area contributed by atoms with Crippen molar-refractivity contribution in [2.24, 2.45) is 0 Å². The monoisotopic (exact) mass is 443 g/mol. The van der Waals surface area contributed by atoms with Crippen molar-refractivity contribution >= 4 is 37.3 Å². The van der Waals surface area contributed by atoms with Crippen molar-refractivity contribution in [3.05, 3.63) is 71.0 Å². The molecule has 0 aliphatic carbocycles. The molecule has 4 rings (SSSR count). The number of aromatic nitrogens is 4. The number of hydrogen-bond acceptors (Lipinski definition) is 5. The van der Waals surface area contributed by atoms with Crippen LogP contribution in [-0.2, 0) is 10.0 Å². The molecule has 0 aliphatic heterocycles. The second kappa shape index (κ2) is 6.75. The summed E-state index contributed by atoms with van der Waals surface area (Å²) in [7, 11) is -3.72. The number of benzene rings is 2. The summed E-state index contributed by atoms with van der Waals surface area (Å²) in [5.74, 6) is 0.660. The first-order chi connectivity index (χ1) is 12.9. The molecular weight excluding hydrogens is 430 g/mol. The van der Waals surface area contributed by atoms with Gasteiger partial charge in [-0.3, -0.25) is 4.72 Å². The lowest BCUT2D eigenvalue weighted by molar-refractivity contribution is 0.601. The molecule has 0 saturated carbocycles. The van der Waals surface area contributed by atoms with Crippen molar-refractivity contribution in [3.8, 4) is 11.3 Å². The van der Waals surface area contributed by atoms with Gasteiger partial charge in [0, 0.05) is 15.7 Å². The standard InChI is InChI=1S/C18H14BrN5O2S/c1-12-20-21-18-10-9-17(22-24(12)18)13-3-2-4-16(11-13)27(25,26)23-15-7-5-14(19)6-8-15/h2-11,23H,1H3. The molecule has 9 heteroatoms. The van der Waals surface area contributed by atoms with E-state index >= 15 is 0 Å². The summed E-state index contributed by atoms with van der Waals surface area (Å²) in [6.07, 6.45) is 0.